The van der Waals surface area contributed by atoms with Gasteiger partial charge in [0, 0.05) is 18.6 Å². The zero-order valence-electron chi connectivity index (χ0n) is 10.6. The molecule has 0 saturated heterocycles. The molecule has 2 heteroatoms. The highest BCUT2D eigenvalue weighted by atomic mass is 14.9. The first-order valence-electron chi connectivity index (χ1n) is 6.90. The van der Waals surface area contributed by atoms with E-state index in [4.69, 9.17) is 5.73 Å². The molecule has 94 valence electrons. The van der Waals surface area contributed by atoms with Gasteiger partial charge in [-0.05, 0) is 18.4 Å². The SMILES string of the molecule is NC(CNC1CCCCCC1)c1ccccc1. The molecule has 3 N–H and O–H groups in total. The maximum atomic E-state index is 6.19. The topological polar surface area (TPSA) is 38.0 Å². The average Bonchev–Trinajstić information content (AvgIpc) is 2.65. The van der Waals surface area contributed by atoms with Gasteiger partial charge in [-0.3, -0.25) is 0 Å². The molecule has 1 fully saturated rings. The minimum atomic E-state index is 0.124. The normalized spacial score (nSPS) is 19.8. The van der Waals surface area contributed by atoms with Crippen molar-refractivity contribution in [2.24, 2.45) is 5.73 Å². The Labute approximate surface area is 105 Å². The van der Waals surface area contributed by atoms with E-state index in [2.05, 4.69) is 29.6 Å². The Morgan fingerprint density at radius 3 is 2.35 bits per heavy atom. The van der Waals surface area contributed by atoms with Crippen LogP contribution in [-0.4, -0.2) is 12.6 Å². The first kappa shape index (κ1) is 12.6. The van der Waals surface area contributed by atoms with Crippen LogP contribution in [0, 0.1) is 0 Å². The van der Waals surface area contributed by atoms with Crippen LogP contribution in [0.5, 0.6) is 0 Å². The standard InChI is InChI=1S/C15H24N2/c16-15(13-8-4-3-5-9-13)12-17-14-10-6-1-2-7-11-14/h3-5,8-9,14-15,17H,1-2,6-7,10-12,16H2. The van der Waals surface area contributed by atoms with Gasteiger partial charge in [-0.1, -0.05) is 56.0 Å². The molecule has 0 bridgehead atoms. The smallest absolute Gasteiger partial charge is 0.0421 e. The van der Waals surface area contributed by atoms with Gasteiger partial charge < -0.3 is 11.1 Å². The molecular formula is C15H24N2. The summed E-state index contributed by atoms with van der Waals surface area (Å²) < 4.78 is 0. The van der Waals surface area contributed by atoms with Gasteiger partial charge in [0.05, 0.1) is 0 Å². The lowest BCUT2D eigenvalue weighted by Gasteiger charge is -2.19. The second-order valence-corrected chi connectivity index (χ2v) is 5.11. The van der Waals surface area contributed by atoms with Crippen LogP contribution in [0.15, 0.2) is 30.3 Å². The van der Waals surface area contributed by atoms with E-state index in [1.165, 1.54) is 44.1 Å². The zero-order valence-corrected chi connectivity index (χ0v) is 10.6. The van der Waals surface area contributed by atoms with Gasteiger partial charge >= 0.3 is 0 Å². The minimum Gasteiger partial charge on any atom is -0.323 e. The number of benzene rings is 1. The van der Waals surface area contributed by atoms with Crippen LogP contribution >= 0.6 is 0 Å². The summed E-state index contributed by atoms with van der Waals surface area (Å²) in [7, 11) is 0. The molecule has 0 heterocycles. The molecule has 1 aromatic rings. The summed E-state index contributed by atoms with van der Waals surface area (Å²) >= 11 is 0. The van der Waals surface area contributed by atoms with E-state index in [-0.39, 0.29) is 6.04 Å². The van der Waals surface area contributed by atoms with Gasteiger partial charge in [-0.25, -0.2) is 0 Å². The largest absolute Gasteiger partial charge is 0.323 e. The van der Waals surface area contributed by atoms with Crippen molar-refractivity contribution in [2.45, 2.75) is 50.6 Å². The van der Waals surface area contributed by atoms with E-state index < -0.39 is 0 Å². The zero-order chi connectivity index (χ0) is 11.9. The molecule has 0 aliphatic heterocycles. The number of hydrogen-bond donors (Lipinski definition) is 2. The summed E-state index contributed by atoms with van der Waals surface area (Å²) in [4.78, 5) is 0. The van der Waals surface area contributed by atoms with Crippen molar-refractivity contribution in [3.63, 3.8) is 0 Å². The second-order valence-electron chi connectivity index (χ2n) is 5.11. The minimum absolute atomic E-state index is 0.124. The van der Waals surface area contributed by atoms with Gasteiger partial charge in [-0.15, -0.1) is 0 Å². The van der Waals surface area contributed by atoms with Crippen LogP contribution in [0.4, 0.5) is 0 Å². The van der Waals surface area contributed by atoms with E-state index >= 15 is 0 Å². The predicted octanol–water partition coefficient (Wildman–Crippen LogP) is 3.00. The Hall–Kier alpha value is -0.860. The molecule has 0 aromatic heterocycles. The summed E-state index contributed by atoms with van der Waals surface area (Å²) in [6.45, 7) is 0.898. The highest BCUT2D eigenvalue weighted by Crippen LogP contribution is 2.18. The maximum Gasteiger partial charge on any atom is 0.0421 e. The number of hydrogen-bond acceptors (Lipinski definition) is 2. The van der Waals surface area contributed by atoms with Crippen LogP contribution in [0.2, 0.25) is 0 Å². The van der Waals surface area contributed by atoms with E-state index in [0.717, 1.165) is 6.54 Å². The third kappa shape index (κ3) is 4.14. The Morgan fingerprint density at radius 1 is 1.06 bits per heavy atom. The predicted molar refractivity (Wildman–Crippen MR) is 72.9 cm³/mol. The lowest BCUT2D eigenvalue weighted by atomic mass is 10.1. The summed E-state index contributed by atoms with van der Waals surface area (Å²) in [5, 5.41) is 3.63. The Kier molecular flexibility index (Phi) is 5.02. The molecule has 0 amide bonds. The third-order valence-corrected chi connectivity index (χ3v) is 3.71. The molecule has 1 aliphatic carbocycles. The van der Waals surface area contributed by atoms with Gasteiger partial charge in [0.1, 0.15) is 0 Å². The molecule has 0 radical (unpaired) electrons. The van der Waals surface area contributed by atoms with Crippen LogP contribution < -0.4 is 11.1 Å². The quantitative estimate of drug-likeness (QED) is 0.783. The summed E-state index contributed by atoms with van der Waals surface area (Å²) in [5.41, 5.74) is 7.42. The average molecular weight is 232 g/mol. The van der Waals surface area contributed by atoms with E-state index in [1.54, 1.807) is 0 Å². The van der Waals surface area contributed by atoms with E-state index in [0.29, 0.717) is 6.04 Å². The summed E-state index contributed by atoms with van der Waals surface area (Å²) in [6, 6.07) is 11.2. The summed E-state index contributed by atoms with van der Waals surface area (Å²) in [6.07, 6.45) is 8.20. The summed E-state index contributed by atoms with van der Waals surface area (Å²) in [5.74, 6) is 0. The second kappa shape index (κ2) is 6.77. The lowest BCUT2D eigenvalue weighted by molar-refractivity contribution is 0.441. The lowest BCUT2D eigenvalue weighted by Crippen LogP contribution is -2.35. The Morgan fingerprint density at radius 2 is 1.71 bits per heavy atom. The van der Waals surface area contributed by atoms with Gasteiger partial charge in [0.2, 0.25) is 0 Å². The van der Waals surface area contributed by atoms with Crippen LogP contribution in [0.3, 0.4) is 0 Å². The molecule has 2 rings (SSSR count). The molecule has 1 aliphatic rings. The van der Waals surface area contributed by atoms with Crippen molar-refractivity contribution < 1.29 is 0 Å². The maximum absolute atomic E-state index is 6.19. The molecule has 17 heavy (non-hydrogen) atoms. The number of nitrogens with two attached hydrogens (primary N) is 1. The monoisotopic (exact) mass is 232 g/mol. The molecule has 1 atom stereocenters. The van der Waals surface area contributed by atoms with Gasteiger partial charge in [-0.2, -0.15) is 0 Å². The molecule has 0 spiro atoms. The van der Waals surface area contributed by atoms with Crippen molar-refractivity contribution >= 4 is 0 Å². The number of nitrogens with one attached hydrogen (secondary N) is 1. The van der Waals surface area contributed by atoms with E-state index in [1.807, 2.05) is 6.07 Å². The first-order chi connectivity index (χ1) is 8.36. The van der Waals surface area contributed by atoms with Crippen LogP contribution in [0.25, 0.3) is 0 Å². The number of rotatable bonds is 4. The third-order valence-electron chi connectivity index (χ3n) is 3.71. The van der Waals surface area contributed by atoms with Crippen molar-refractivity contribution in [2.75, 3.05) is 6.54 Å². The van der Waals surface area contributed by atoms with Crippen molar-refractivity contribution in [3.05, 3.63) is 35.9 Å². The Bertz CT molecular complexity index is 302. The molecular weight excluding hydrogens is 208 g/mol. The molecule has 1 saturated carbocycles. The highest BCUT2D eigenvalue weighted by Gasteiger charge is 2.13. The Balaban J connectivity index is 1.77. The molecule has 1 unspecified atom stereocenters. The fraction of sp³-hybridized carbons (Fsp3) is 0.600. The van der Waals surface area contributed by atoms with Crippen LogP contribution in [0.1, 0.15) is 50.1 Å². The molecule has 2 nitrogen and oxygen atoms in total. The highest BCUT2D eigenvalue weighted by molar-refractivity contribution is 5.18. The fourth-order valence-corrected chi connectivity index (χ4v) is 2.60. The van der Waals surface area contributed by atoms with Gasteiger partial charge in [0.25, 0.3) is 0 Å². The molecule has 1 aromatic carbocycles. The van der Waals surface area contributed by atoms with Crippen molar-refractivity contribution in [1.29, 1.82) is 0 Å². The first-order valence-corrected chi connectivity index (χ1v) is 6.90. The fourth-order valence-electron chi connectivity index (χ4n) is 2.60. The van der Waals surface area contributed by atoms with Crippen LogP contribution in [-0.2, 0) is 0 Å². The van der Waals surface area contributed by atoms with Crippen molar-refractivity contribution in [3.8, 4) is 0 Å². The van der Waals surface area contributed by atoms with Crippen molar-refractivity contribution in [1.82, 2.24) is 5.32 Å². The van der Waals surface area contributed by atoms with Gasteiger partial charge in [0.15, 0.2) is 0 Å². The van der Waals surface area contributed by atoms with E-state index in [9.17, 15) is 0 Å².